The van der Waals surface area contributed by atoms with Crippen molar-refractivity contribution in [2.45, 2.75) is 19.4 Å². The Labute approximate surface area is 173 Å². The second-order valence-electron chi connectivity index (χ2n) is 7.21. The van der Waals surface area contributed by atoms with Crippen LogP contribution in [-0.4, -0.2) is 63.2 Å². The lowest BCUT2D eigenvalue weighted by molar-refractivity contribution is -0.130. The summed E-state index contributed by atoms with van der Waals surface area (Å²) in [6, 6.07) is 14.2. The molecule has 1 aliphatic rings. The van der Waals surface area contributed by atoms with Crippen molar-refractivity contribution in [3.8, 4) is 17.2 Å². The molecule has 0 unspecified atom stereocenters. The molecule has 29 heavy (non-hydrogen) atoms. The topological polar surface area (TPSA) is 51.2 Å². The first-order chi connectivity index (χ1) is 14.1. The van der Waals surface area contributed by atoms with Crippen molar-refractivity contribution in [2.75, 3.05) is 47.5 Å². The Hall–Kier alpha value is -2.73. The molecule has 3 rings (SSSR count). The summed E-state index contributed by atoms with van der Waals surface area (Å²) in [4.78, 5) is 17.3. The molecule has 1 aliphatic heterocycles. The third-order valence-corrected chi connectivity index (χ3v) is 5.27. The smallest absolute Gasteiger partial charge is 0.227 e. The van der Waals surface area contributed by atoms with E-state index in [1.807, 2.05) is 23.1 Å². The highest BCUT2D eigenvalue weighted by atomic mass is 16.5. The number of hydrogen-bond acceptors (Lipinski definition) is 5. The van der Waals surface area contributed by atoms with E-state index in [0.29, 0.717) is 23.7 Å². The predicted octanol–water partition coefficient (Wildman–Crippen LogP) is 2.99. The van der Waals surface area contributed by atoms with Gasteiger partial charge in [-0.25, -0.2) is 0 Å². The lowest BCUT2D eigenvalue weighted by Crippen LogP contribution is -2.36. The van der Waals surface area contributed by atoms with Crippen LogP contribution < -0.4 is 14.2 Å². The maximum atomic E-state index is 12.9. The molecule has 0 radical (unpaired) electrons. The zero-order valence-corrected chi connectivity index (χ0v) is 17.5. The zero-order chi connectivity index (χ0) is 20.6. The number of nitrogens with zero attached hydrogens (tertiary/aromatic N) is 2. The first-order valence-corrected chi connectivity index (χ1v) is 9.97. The Morgan fingerprint density at radius 1 is 0.862 bits per heavy atom. The average Bonchev–Trinajstić information content (AvgIpc) is 2.99. The van der Waals surface area contributed by atoms with Gasteiger partial charge in [0.05, 0.1) is 27.8 Å². The lowest BCUT2D eigenvalue weighted by Gasteiger charge is -2.22. The maximum absolute atomic E-state index is 12.9. The fourth-order valence-corrected chi connectivity index (χ4v) is 3.74. The highest BCUT2D eigenvalue weighted by molar-refractivity contribution is 5.79. The van der Waals surface area contributed by atoms with E-state index < -0.39 is 0 Å². The van der Waals surface area contributed by atoms with Gasteiger partial charge in [-0.3, -0.25) is 9.69 Å². The average molecular weight is 399 g/mol. The summed E-state index contributed by atoms with van der Waals surface area (Å²) < 4.78 is 16.2. The standard InChI is InChI=1S/C23H30N2O4/c1-27-20-14-19(15-21(28-2)23(20)29-3)16-22(26)25-11-7-10-24(12-13-25)17-18-8-5-4-6-9-18/h4-6,8-9,14-15H,7,10-13,16-17H2,1-3H3. The van der Waals surface area contributed by atoms with Gasteiger partial charge in [0.2, 0.25) is 11.7 Å². The van der Waals surface area contributed by atoms with Crippen molar-refractivity contribution < 1.29 is 19.0 Å². The van der Waals surface area contributed by atoms with E-state index in [1.165, 1.54) is 5.56 Å². The minimum atomic E-state index is 0.126. The molecule has 1 heterocycles. The molecule has 6 nitrogen and oxygen atoms in total. The Morgan fingerprint density at radius 2 is 1.55 bits per heavy atom. The monoisotopic (exact) mass is 398 g/mol. The van der Waals surface area contributed by atoms with Crippen LogP contribution in [0.25, 0.3) is 0 Å². The van der Waals surface area contributed by atoms with E-state index in [2.05, 4.69) is 29.2 Å². The molecule has 0 aromatic heterocycles. The Balaban J connectivity index is 1.62. The van der Waals surface area contributed by atoms with Crippen LogP contribution in [-0.2, 0) is 17.8 Å². The summed E-state index contributed by atoms with van der Waals surface area (Å²) in [7, 11) is 4.74. The summed E-state index contributed by atoms with van der Waals surface area (Å²) in [5.41, 5.74) is 2.17. The van der Waals surface area contributed by atoms with Gasteiger partial charge in [-0.1, -0.05) is 30.3 Å². The summed E-state index contributed by atoms with van der Waals surface area (Å²) in [5, 5.41) is 0. The van der Waals surface area contributed by atoms with Crippen LogP contribution in [0.15, 0.2) is 42.5 Å². The van der Waals surface area contributed by atoms with Gasteiger partial charge < -0.3 is 19.1 Å². The Kier molecular flexibility index (Phi) is 7.36. The second kappa shape index (κ2) is 10.2. The van der Waals surface area contributed by atoms with Gasteiger partial charge in [-0.2, -0.15) is 0 Å². The molecule has 1 fully saturated rings. The van der Waals surface area contributed by atoms with Crippen LogP contribution in [0.2, 0.25) is 0 Å². The summed E-state index contributed by atoms with van der Waals surface area (Å²) in [5.74, 6) is 1.80. The number of hydrogen-bond donors (Lipinski definition) is 0. The van der Waals surface area contributed by atoms with E-state index in [-0.39, 0.29) is 5.91 Å². The van der Waals surface area contributed by atoms with Gasteiger partial charge in [0.25, 0.3) is 0 Å². The first kappa shape index (κ1) is 21.0. The second-order valence-corrected chi connectivity index (χ2v) is 7.21. The first-order valence-electron chi connectivity index (χ1n) is 9.97. The molecule has 0 atom stereocenters. The van der Waals surface area contributed by atoms with E-state index in [4.69, 9.17) is 14.2 Å². The molecule has 0 bridgehead atoms. The maximum Gasteiger partial charge on any atom is 0.227 e. The third-order valence-electron chi connectivity index (χ3n) is 5.27. The van der Waals surface area contributed by atoms with Crippen LogP contribution >= 0.6 is 0 Å². The number of benzene rings is 2. The van der Waals surface area contributed by atoms with Crippen LogP contribution in [0.4, 0.5) is 0 Å². The SMILES string of the molecule is COc1cc(CC(=O)N2CCCN(Cc3ccccc3)CC2)cc(OC)c1OC. The van der Waals surface area contributed by atoms with Crippen molar-refractivity contribution in [3.63, 3.8) is 0 Å². The highest BCUT2D eigenvalue weighted by Gasteiger charge is 2.21. The van der Waals surface area contributed by atoms with E-state index in [0.717, 1.165) is 44.7 Å². The molecule has 6 heteroatoms. The third kappa shape index (κ3) is 5.41. The van der Waals surface area contributed by atoms with Gasteiger partial charge >= 0.3 is 0 Å². The Morgan fingerprint density at radius 3 is 2.17 bits per heavy atom. The predicted molar refractivity (Wildman–Crippen MR) is 113 cm³/mol. The normalized spacial score (nSPS) is 14.9. The number of carbonyl (C=O) groups excluding carboxylic acids is 1. The van der Waals surface area contributed by atoms with Crippen LogP contribution in [0.5, 0.6) is 17.2 Å². The molecule has 156 valence electrons. The molecule has 0 N–H and O–H groups in total. The molecular weight excluding hydrogens is 368 g/mol. The molecular formula is C23H30N2O4. The van der Waals surface area contributed by atoms with Crippen molar-refractivity contribution in [1.29, 1.82) is 0 Å². The van der Waals surface area contributed by atoms with Gasteiger partial charge in [-0.05, 0) is 29.7 Å². The molecule has 2 aromatic carbocycles. The van der Waals surface area contributed by atoms with Gasteiger partial charge in [0.15, 0.2) is 11.5 Å². The number of amides is 1. The Bertz CT molecular complexity index is 785. The molecule has 2 aromatic rings. The largest absolute Gasteiger partial charge is 0.493 e. The van der Waals surface area contributed by atoms with Gasteiger partial charge in [0, 0.05) is 32.7 Å². The summed E-state index contributed by atoms with van der Waals surface area (Å²) in [6.07, 6.45) is 1.29. The van der Waals surface area contributed by atoms with Crippen molar-refractivity contribution >= 4 is 5.91 Å². The number of methoxy groups -OCH3 is 3. The molecule has 0 saturated carbocycles. The van der Waals surface area contributed by atoms with E-state index in [9.17, 15) is 4.79 Å². The number of ether oxygens (including phenoxy) is 3. The minimum absolute atomic E-state index is 0.126. The zero-order valence-electron chi connectivity index (χ0n) is 17.5. The molecule has 0 aliphatic carbocycles. The van der Waals surface area contributed by atoms with Gasteiger partial charge in [0.1, 0.15) is 0 Å². The minimum Gasteiger partial charge on any atom is -0.493 e. The molecule has 1 saturated heterocycles. The fraction of sp³-hybridized carbons (Fsp3) is 0.435. The summed E-state index contributed by atoms with van der Waals surface area (Å²) >= 11 is 0. The number of rotatable bonds is 7. The summed E-state index contributed by atoms with van der Waals surface area (Å²) in [6.45, 7) is 4.35. The number of carbonyl (C=O) groups is 1. The van der Waals surface area contributed by atoms with Crippen molar-refractivity contribution in [3.05, 3.63) is 53.6 Å². The quantitative estimate of drug-likeness (QED) is 0.718. The van der Waals surface area contributed by atoms with E-state index in [1.54, 1.807) is 21.3 Å². The van der Waals surface area contributed by atoms with Gasteiger partial charge in [-0.15, -0.1) is 0 Å². The van der Waals surface area contributed by atoms with Crippen molar-refractivity contribution in [2.24, 2.45) is 0 Å². The molecule has 1 amide bonds. The van der Waals surface area contributed by atoms with Crippen molar-refractivity contribution in [1.82, 2.24) is 9.80 Å². The van der Waals surface area contributed by atoms with E-state index >= 15 is 0 Å². The van der Waals surface area contributed by atoms with Crippen LogP contribution in [0, 0.1) is 0 Å². The molecule has 0 spiro atoms. The van der Waals surface area contributed by atoms with Crippen LogP contribution in [0.3, 0.4) is 0 Å². The van der Waals surface area contributed by atoms with Crippen LogP contribution in [0.1, 0.15) is 17.5 Å². The lowest BCUT2D eigenvalue weighted by atomic mass is 10.1. The fourth-order valence-electron chi connectivity index (χ4n) is 3.74. The highest BCUT2D eigenvalue weighted by Crippen LogP contribution is 2.38.